The molecule has 0 aliphatic carbocycles. The van der Waals surface area contributed by atoms with E-state index in [9.17, 15) is 0 Å². The van der Waals surface area contributed by atoms with Gasteiger partial charge in [-0.2, -0.15) is 0 Å². The molecule has 0 unspecified atom stereocenters. The van der Waals surface area contributed by atoms with E-state index in [0.29, 0.717) is 18.1 Å². The van der Waals surface area contributed by atoms with Crippen LogP contribution in [-0.2, 0) is 16.9 Å². The van der Waals surface area contributed by atoms with Crippen molar-refractivity contribution in [1.29, 1.82) is 0 Å². The van der Waals surface area contributed by atoms with Crippen LogP contribution in [-0.4, -0.2) is 21.3 Å². The highest BCUT2D eigenvalue weighted by Gasteiger charge is 2.20. The predicted molar refractivity (Wildman–Crippen MR) is 67.5 cm³/mol. The quantitative estimate of drug-likeness (QED) is 0.854. The third kappa shape index (κ3) is 3.11. The first-order valence-electron chi connectivity index (χ1n) is 5.47. The molecule has 0 fully saturated rings. The van der Waals surface area contributed by atoms with Crippen molar-refractivity contribution in [2.75, 3.05) is 21.3 Å². The number of rotatable bonds is 5. The molecule has 0 saturated carbocycles. The molecule has 0 saturated heterocycles. The van der Waals surface area contributed by atoms with Crippen molar-refractivity contribution in [2.24, 2.45) is 5.73 Å². The lowest BCUT2D eigenvalue weighted by molar-refractivity contribution is 0.180. The Hall–Kier alpha value is -1.26. The molecule has 1 rings (SSSR count). The molecule has 0 aromatic heterocycles. The number of benzene rings is 1. The van der Waals surface area contributed by atoms with Gasteiger partial charge in [0.25, 0.3) is 0 Å². The number of hydrogen-bond acceptors (Lipinski definition) is 4. The van der Waals surface area contributed by atoms with Crippen LogP contribution in [0.15, 0.2) is 12.1 Å². The van der Waals surface area contributed by atoms with E-state index in [-0.39, 0.29) is 0 Å². The zero-order valence-electron chi connectivity index (χ0n) is 11.2. The molecule has 0 atom stereocenters. The van der Waals surface area contributed by atoms with E-state index in [1.54, 1.807) is 21.3 Å². The molecule has 2 N–H and O–H groups in total. The first kappa shape index (κ1) is 13.8. The summed E-state index contributed by atoms with van der Waals surface area (Å²) in [6.07, 6.45) is 0. The molecule has 96 valence electrons. The number of ether oxygens (including phenoxy) is 3. The second-order valence-electron chi connectivity index (χ2n) is 4.53. The molecule has 4 heteroatoms. The summed E-state index contributed by atoms with van der Waals surface area (Å²) in [4.78, 5) is 0. The minimum Gasteiger partial charge on any atom is -0.493 e. The highest BCUT2D eigenvalue weighted by molar-refractivity contribution is 5.50. The van der Waals surface area contributed by atoms with Crippen molar-refractivity contribution >= 4 is 0 Å². The standard InChI is InChI=1S/C13H21NO3/c1-13(2,14)10-6-9(8-15-3)12(17-5)11(7-10)16-4/h6-7H,8,14H2,1-5H3. The van der Waals surface area contributed by atoms with Crippen LogP contribution in [0.25, 0.3) is 0 Å². The second kappa shape index (κ2) is 5.38. The lowest BCUT2D eigenvalue weighted by atomic mass is 9.93. The summed E-state index contributed by atoms with van der Waals surface area (Å²) >= 11 is 0. The van der Waals surface area contributed by atoms with Gasteiger partial charge in [0.05, 0.1) is 20.8 Å². The maximum absolute atomic E-state index is 6.10. The van der Waals surface area contributed by atoms with Crippen LogP contribution in [0.4, 0.5) is 0 Å². The summed E-state index contributed by atoms with van der Waals surface area (Å²) in [6, 6.07) is 3.89. The van der Waals surface area contributed by atoms with Gasteiger partial charge in [0.1, 0.15) is 0 Å². The monoisotopic (exact) mass is 239 g/mol. The summed E-state index contributed by atoms with van der Waals surface area (Å²) in [6.45, 7) is 4.36. The fraction of sp³-hybridized carbons (Fsp3) is 0.538. The molecule has 0 amide bonds. The van der Waals surface area contributed by atoms with Crippen LogP contribution in [0.1, 0.15) is 25.0 Å². The van der Waals surface area contributed by atoms with Gasteiger partial charge in [-0.25, -0.2) is 0 Å². The van der Waals surface area contributed by atoms with Crippen LogP contribution < -0.4 is 15.2 Å². The lowest BCUT2D eigenvalue weighted by Gasteiger charge is -2.22. The molecular formula is C13H21NO3. The van der Waals surface area contributed by atoms with E-state index < -0.39 is 5.54 Å². The average Bonchev–Trinajstić information content (AvgIpc) is 2.27. The Balaban J connectivity index is 3.34. The molecule has 0 heterocycles. The molecular weight excluding hydrogens is 218 g/mol. The third-order valence-corrected chi connectivity index (χ3v) is 2.60. The van der Waals surface area contributed by atoms with Crippen molar-refractivity contribution in [3.63, 3.8) is 0 Å². The Labute approximate surface area is 103 Å². The van der Waals surface area contributed by atoms with Gasteiger partial charge in [-0.05, 0) is 31.5 Å². The van der Waals surface area contributed by atoms with Gasteiger partial charge in [0, 0.05) is 18.2 Å². The smallest absolute Gasteiger partial charge is 0.166 e. The van der Waals surface area contributed by atoms with Gasteiger partial charge < -0.3 is 19.9 Å². The first-order chi connectivity index (χ1) is 7.93. The van der Waals surface area contributed by atoms with Crippen LogP contribution in [0.2, 0.25) is 0 Å². The molecule has 0 bridgehead atoms. The van der Waals surface area contributed by atoms with Gasteiger partial charge in [-0.1, -0.05) is 0 Å². The van der Waals surface area contributed by atoms with E-state index in [0.717, 1.165) is 11.1 Å². The minimum absolute atomic E-state index is 0.429. The molecule has 1 aromatic carbocycles. The van der Waals surface area contributed by atoms with Gasteiger partial charge in [0.15, 0.2) is 11.5 Å². The van der Waals surface area contributed by atoms with Crippen LogP contribution in [0.5, 0.6) is 11.5 Å². The topological polar surface area (TPSA) is 53.7 Å². The molecule has 1 aromatic rings. The Bertz CT molecular complexity index is 383. The Morgan fingerprint density at radius 2 is 1.76 bits per heavy atom. The molecule has 4 nitrogen and oxygen atoms in total. The fourth-order valence-electron chi connectivity index (χ4n) is 1.68. The normalized spacial score (nSPS) is 11.4. The maximum atomic E-state index is 6.10. The Morgan fingerprint density at radius 1 is 1.12 bits per heavy atom. The summed E-state index contributed by atoms with van der Waals surface area (Å²) in [5.74, 6) is 1.37. The van der Waals surface area contributed by atoms with Gasteiger partial charge in [-0.15, -0.1) is 0 Å². The van der Waals surface area contributed by atoms with Crippen LogP contribution in [0, 0.1) is 0 Å². The highest BCUT2D eigenvalue weighted by Crippen LogP contribution is 2.35. The number of hydrogen-bond donors (Lipinski definition) is 1. The molecule has 0 aliphatic heterocycles. The summed E-state index contributed by atoms with van der Waals surface area (Å²) in [5, 5.41) is 0. The van der Waals surface area contributed by atoms with Crippen LogP contribution in [0.3, 0.4) is 0 Å². The Morgan fingerprint density at radius 3 is 2.18 bits per heavy atom. The zero-order chi connectivity index (χ0) is 13.1. The highest BCUT2D eigenvalue weighted by atomic mass is 16.5. The zero-order valence-corrected chi connectivity index (χ0v) is 11.2. The summed E-state index contributed by atoms with van der Waals surface area (Å²) < 4.78 is 15.8. The minimum atomic E-state index is -0.429. The van der Waals surface area contributed by atoms with Crippen LogP contribution >= 0.6 is 0 Å². The number of methoxy groups -OCH3 is 3. The predicted octanol–water partition coefficient (Wildman–Crippen LogP) is 2.04. The fourth-order valence-corrected chi connectivity index (χ4v) is 1.68. The van der Waals surface area contributed by atoms with Crippen molar-refractivity contribution in [3.05, 3.63) is 23.3 Å². The SMILES string of the molecule is COCc1cc(C(C)(C)N)cc(OC)c1OC. The largest absolute Gasteiger partial charge is 0.493 e. The first-order valence-corrected chi connectivity index (χ1v) is 5.47. The second-order valence-corrected chi connectivity index (χ2v) is 4.53. The van der Waals surface area contributed by atoms with E-state index in [4.69, 9.17) is 19.9 Å². The maximum Gasteiger partial charge on any atom is 0.166 e. The van der Waals surface area contributed by atoms with Gasteiger partial charge in [-0.3, -0.25) is 0 Å². The molecule has 0 radical (unpaired) electrons. The molecule has 17 heavy (non-hydrogen) atoms. The van der Waals surface area contributed by atoms with Gasteiger partial charge in [0.2, 0.25) is 0 Å². The lowest BCUT2D eigenvalue weighted by Crippen LogP contribution is -2.28. The summed E-state index contributed by atoms with van der Waals surface area (Å²) in [5.41, 5.74) is 7.59. The Kier molecular flexibility index (Phi) is 4.37. The summed E-state index contributed by atoms with van der Waals surface area (Å²) in [7, 11) is 4.87. The average molecular weight is 239 g/mol. The number of nitrogens with two attached hydrogens (primary N) is 1. The molecule has 0 spiro atoms. The van der Waals surface area contributed by atoms with E-state index in [1.165, 1.54) is 0 Å². The van der Waals surface area contributed by atoms with Crippen molar-refractivity contribution in [2.45, 2.75) is 26.0 Å². The molecule has 0 aliphatic rings. The van der Waals surface area contributed by atoms with Crippen molar-refractivity contribution in [1.82, 2.24) is 0 Å². The third-order valence-electron chi connectivity index (χ3n) is 2.60. The van der Waals surface area contributed by atoms with E-state index in [1.807, 2.05) is 26.0 Å². The van der Waals surface area contributed by atoms with Crippen molar-refractivity contribution in [3.8, 4) is 11.5 Å². The van der Waals surface area contributed by atoms with E-state index in [2.05, 4.69) is 0 Å². The van der Waals surface area contributed by atoms with Gasteiger partial charge >= 0.3 is 0 Å². The van der Waals surface area contributed by atoms with E-state index >= 15 is 0 Å². The van der Waals surface area contributed by atoms with Crippen molar-refractivity contribution < 1.29 is 14.2 Å².